The van der Waals surface area contributed by atoms with Gasteiger partial charge < -0.3 is 14.7 Å². The van der Waals surface area contributed by atoms with Gasteiger partial charge in [-0.2, -0.15) is 5.10 Å². The van der Waals surface area contributed by atoms with Crippen molar-refractivity contribution < 1.29 is 19.0 Å². The van der Waals surface area contributed by atoms with E-state index in [1.54, 1.807) is 21.8 Å². The topological polar surface area (TPSA) is 83.2 Å². The van der Waals surface area contributed by atoms with Gasteiger partial charge in [0.15, 0.2) is 5.65 Å². The second kappa shape index (κ2) is 8.72. The molecule has 0 saturated carbocycles. The SMILES string of the molecule is CC(O)CN1[C@@H]2CC[C@H]1C[C@@H](Oc1cc(F)ccc1C(=O)N1Cc3nn4cc(Cl)cnc4c3C1)C2. The van der Waals surface area contributed by atoms with Gasteiger partial charge in [0.05, 0.1) is 41.7 Å². The number of carbonyl (C=O) groups is 1. The van der Waals surface area contributed by atoms with Crippen LogP contribution in [0, 0.1) is 5.82 Å². The molecule has 0 spiro atoms. The fraction of sp³-hybridized carbons (Fsp3) is 0.480. The van der Waals surface area contributed by atoms with Crippen LogP contribution >= 0.6 is 11.6 Å². The van der Waals surface area contributed by atoms with Crippen LogP contribution in [-0.2, 0) is 13.1 Å². The normalized spacial score (nSPS) is 24.7. The molecule has 1 unspecified atom stereocenters. The van der Waals surface area contributed by atoms with Crippen LogP contribution in [0.3, 0.4) is 0 Å². The van der Waals surface area contributed by atoms with Gasteiger partial charge in [0.25, 0.3) is 5.91 Å². The van der Waals surface area contributed by atoms with Crippen molar-refractivity contribution in [3.63, 3.8) is 0 Å². The first-order valence-corrected chi connectivity index (χ1v) is 12.4. The van der Waals surface area contributed by atoms with E-state index >= 15 is 0 Å². The van der Waals surface area contributed by atoms with Gasteiger partial charge in [0.1, 0.15) is 17.7 Å². The molecule has 2 saturated heterocycles. The van der Waals surface area contributed by atoms with Crippen molar-refractivity contribution in [2.75, 3.05) is 6.54 Å². The van der Waals surface area contributed by atoms with Gasteiger partial charge in [-0.25, -0.2) is 13.9 Å². The molecule has 5 heterocycles. The summed E-state index contributed by atoms with van der Waals surface area (Å²) in [4.78, 5) is 21.9. The molecule has 35 heavy (non-hydrogen) atoms. The van der Waals surface area contributed by atoms with Crippen LogP contribution in [0.15, 0.2) is 30.6 Å². The number of aromatic nitrogens is 3. The summed E-state index contributed by atoms with van der Waals surface area (Å²) in [6.45, 7) is 3.18. The summed E-state index contributed by atoms with van der Waals surface area (Å²) in [6.07, 6.45) is 6.53. The number of amides is 1. The van der Waals surface area contributed by atoms with Crippen LogP contribution in [0.5, 0.6) is 5.75 Å². The van der Waals surface area contributed by atoms with Crippen LogP contribution in [0.4, 0.5) is 4.39 Å². The van der Waals surface area contributed by atoms with E-state index in [-0.39, 0.29) is 23.9 Å². The third kappa shape index (κ3) is 4.15. The molecule has 1 aromatic carbocycles. The standard InChI is InChI=1S/C25H27ClFN5O3/c1-14(33)10-31-17-3-4-18(31)8-19(7-17)35-23-6-16(27)2-5-20(23)25(34)30-12-21-22(13-30)29-32-11-15(26)9-28-24(21)32/h2,5-6,9,11,14,17-19,33H,3-4,7-8,10,12-13H2,1H3/t14?,17-,18+,19+. The minimum Gasteiger partial charge on any atom is -0.489 e. The van der Waals surface area contributed by atoms with Gasteiger partial charge in [-0.15, -0.1) is 0 Å². The lowest BCUT2D eigenvalue weighted by Gasteiger charge is -2.39. The highest BCUT2D eigenvalue weighted by Crippen LogP contribution is 2.38. The van der Waals surface area contributed by atoms with E-state index in [1.807, 2.05) is 6.92 Å². The molecule has 10 heteroatoms. The predicted octanol–water partition coefficient (Wildman–Crippen LogP) is 3.43. The fourth-order valence-corrected chi connectivity index (χ4v) is 6.05. The number of aliphatic hydroxyl groups excluding tert-OH is 1. The van der Waals surface area contributed by atoms with Crippen molar-refractivity contribution in [3.05, 3.63) is 58.3 Å². The van der Waals surface area contributed by atoms with Crippen molar-refractivity contribution in [1.29, 1.82) is 0 Å². The third-order valence-electron chi connectivity index (χ3n) is 7.38. The first-order chi connectivity index (χ1) is 16.9. The Morgan fingerprint density at radius 2 is 2.06 bits per heavy atom. The van der Waals surface area contributed by atoms with Gasteiger partial charge in [-0.3, -0.25) is 9.69 Å². The maximum absolute atomic E-state index is 14.2. The number of hydrogen-bond acceptors (Lipinski definition) is 6. The summed E-state index contributed by atoms with van der Waals surface area (Å²) >= 11 is 6.02. The summed E-state index contributed by atoms with van der Waals surface area (Å²) in [5.41, 5.74) is 2.69. The summed E-state index contributed by atoms with van der Waals surface area (Å²) in [5, 5.41) is 14.9. The molecule has 2 fully saturated rings. The first-order valence-electron chi connectivity index (χ1n) is 12.1. The van der Waals surface area contributed by atoms with Crippen LogP contribution in [-0.4, -0.2) is 66.2 Å². The third-order valence-corrected chi connectivity index (χ3v) is 7.58. The summed E-state index contributed by atoms with van der Waals surface area (Å²) in [6, 6.07) is 4.80. The van der Waals surface area contributed by atoms with Gasteiger partial charge in [0, 0.05) is 36.5 Å². The highest BCUT2D eigenvalue weighted by Gasteiger charge is 2.42. The zero-order chi connectivity index (χ0) is 24.3. The van der Waals surface area contributed by atoms with E-state index < -0.39 is 5.82 Å². The van der Waals surface area contributed by atoms with Crippen LogP contribution in [0.1, 0.15) is 54.2 Å². The minimum atomic E-state index is -0.436. The lowest BCUT2D eigenvalue weighted by atomic mass is 9.99. The maximum Gasteiger partial charge on any atom is 0.258 e. The summed E-state index contributed by atoms with van der Waals surface area (Å²) < 4.78 is 22.2. The Bertz CT molecular complexity index is 1280. The largest absolute Gasteiger partial charge is 0.489 e. The van der Waals surface area contributed by atoms with Crippen molar-refractivity contribution in [2.24, 2.45) is 0 Å². The molecular formula is C25H27ClFN5O3. The lowest BCUT2D eigenvalue weighted by molar-refractivity contribution is 0.0214. The Morgan fingerprint density at radius 3 is 2.80 bits per heavy atom. The Morgan fingerprint density at radius 1 is 1.29 bits per heavy atom. The summed E-state index contributed by atoms with van der Waals surface area (Å²) in [7, 11) is 0. The van der Waals surface area contributed by atoms with Gasteiger partial charge in [-0.05, 0) is 44.7 Å². The molecule has 3 aromatic rings. The van der Waals surface area contributed by atoms with E-state index in [2.05, 4.69) is 15.0 Å². The molecule has 8 nitrogen and oxygen atoms in total. The molecular weight excluding hydrogens is 473 g/mol. The molecule has 6 rings (SSSR count). The second-order valence-electron chi connectivity index (χ2n) is 9.91. The highest BCUT2D eigenvalue weighted by molar-refractivity contribution is 6.30. The molecule has 1 amide bonds. The monoisotopic (exact) mass is 499 g/mol. The quantitative estimate of drug-likeness (QED) is 0.579. The number of aliphatic hydroxyl groups is 1. The Kier molecular flexibility index (Phi) is 5.66. The van der Waals surface area contributed by atoms with E-state index in [9.17, 15) is 14.3 Å². The number of ether oxygens (including phenoxy) is 1. The van der Waals surface area contributed by atoms with Crippen LogP contribution in [0.2, 0.25) is 5.02 Å². The molecule has 0 radical (unpaired) electrons. The average molecular weight is 500 g/mol. The van der Waals surface area contributed by atoms with Crippen molar-refractivity contribution >= 4 is 23.2 Å². The molecule has 1 N–H and O–H groups in total. The fourth-order valence-electron chi connectivity index (χ4n) is 5.91. The molecule has 184 valence electrons. The maximum atomic E-state index is 14.2. The van der Waals surface area contributed by atoms with Crippen molar-refractivity contribution in [1.82, 2.24) is 24.4 Å². The number of piperidine rings is 1. The number of halogens is 2. The Labute approximate surface area is 207 Å². The minimum absolute atomic E-state index is 0.0972. The van der Waals surface area contributed by atoms with E-state index in [0.29, 0.717) is 48.0 Å². The van der Waals surface area contributed by atoms with Crippen LogP contribution in [0.25, 0.3) is 5.65 Å². The lowest BCUT2D eigenvalue weighted by Crippen LogP contribution is -2.48. The Hall–Kier alpha value is -2.75. The number of carbonyl (C=O) groups excluding carboxylic acids is 1. The van der Waals surface area contributed by atoms with Crippen molar-refractivity contribution in [2.45, 2.75) is 70.0 Å². The van der Waals surface area contributed by atoms with E-state index in [1.165, 1.54) is 18.2 Å². The highest BCUT2D eigenvalue weighted by atomic mass is 35.5. The molecule has 3 aliphatic rings. The van der Waals surface area contributed by atoms with Gasteiger partial charge >= 0.3 is 0 Å². The zero-order valence-electron chi connectivity index (χ0n) is 19.4. The predicted molar refractivity (Wildman–Crippen MR) is 127 cm³/mol. The number of rotatable bonds is 5. The molecule has 0 aliphatic carbocycles. The molecule has 2 aromatic heterocycles. The smallest absolute Gasteiger partial charge is 0.258 e. The molecule has 3 aliphatic heterocycles. The van der Waals surface area contributed by atoms with Gasteiger partial charge in [0.2, 0.25) is 0 Å². The van der Waals surface area contributed by atoms with Crippen LogP contribution < -0.4 is 4.74 Å². The second-order valence-corrected chi connectivity index (χ2v) is 10.3. The van der Waals surface area contributed by atoms with Crippen molar-refractivity contribution in [3.8, 4) is 5.75 Å². The van der Waals surface area contributed by atoms with Gasteiger partial charge in [-0.1, -0.05) is 11.6 Å². The Balaban J connectivity index is 1.20. The number of nitrogens with zero attached hydrogens (tertiary/aromatic N) is 5. The summed E-state index contributed by atoms with van der Waals surface area (Å²) in [5.74, 6) is -0.374. The zero-order valence-corrected chi connectivity index (χ0v) is 20.2. The van der Waals surface area contributed by atoms with E-state index in [0.717, 1.165) is 36.9 Å². The average Bonchev–Trinajstić information content (AvgIpc) is 3.42. The number of hydrogen-bond donors (Lipinski definition) is 1. The molecule has 2 bridgehead atoms. The number of fused-ring (bicyclic) bond motifs is 5. The molecule has 4 atom stereocenters. The van der Waals surface area contributed by atoms with E-state index in [4.69, 9.17) is 16.3 Å². The first kappa shape index (κ1) is 22.7. The number of benzene rings is 1.